The number of hydrogen-bond donors (Lipinski definition) is 3. The molecule has 3 aromatic rings. The molecule has 7 nitrogen and oxygen atoms in total. The summed E-state index contributed by atoms with van der Waals surface area (Å²) < 4.78 is 0. The number of carbonyl (C=O) groups is 3. The van der Waals surface area contributed by atoms with Gasteiger partial charge in [-0.2, -0.15) is 0 Å². The number of hydrogen-bond acceptors (Lipinski definition) is 3. The smallest absolute Gasteiger partial charge is 0.323 e. The second-order valence-corrected chi connectivity index (χ2v) is 7.83. The summed E-state index contributed by atoms with van der Waals surface area (Å²) in [5.41, 5.74) is 2.45. The van der Waals surface area contributed by atoms with Gasteiger partial charge in [-0.3, -0.25) is 9.59 Å². The van der Waals surface area contributed by atoms with Gasteiger partial charge in [0.1, 0.15) is 0 Å². The van der Waals surface area contributed by atoms with E-state index in [1.54, 1.807) is 65.6 Å². The Morgan fingerprint density at radius 1 is 0.812 bits per heavy atom. The molecule has 32 heavy (non-hydrogen) atoms. The molecule has 1 aliphatic heterocycles. The molecule has 0 aliphatic carbocycles. The van der Waals surface area contributed by atoms with Gasteiger partial charge in [-0.1, -0.05) is 35.9 Å². The summed E-state index contributed by atoms with van der Waals surface area (Å²) in [5.74, 6) is -0.836. The minimum absolute atomic E-state index is 0.111. The molecule has 1 atom stereocenters. The molecule has 1 aliphatic rings. The lowest BCUT2D eigenvalue weighted by Crippen LogP contribution is -2.28. The van der Waals surface area contributed by atoms with Gasteiger partial charge in [-0.25, -0.2) is 4.79 Å². The van der Waals surface area contributed by atoms with E-state index in [-0.39, 0.29) is 24.3 Å². The standard InChI is InChI=1S/C24H21ClN4O3/c25-17-9-11-21(12-10-17)29-15-16(13-22(29)30)23(31)26-19-7-4-8-20(14-19)28-24(32)27-18-5-2-1-3-6-18/h1-12,14,16H,13,15H2,(H,26,31)(H2,27,28,32). The summed E-state index contributed by atoms with van der Waals surface area (Å²) in [4.78, 5) is 38.9. The molecule has 0 saturated carbocycles. The molecule has 0 aromatic heterocycles. The summed E-state index contributed by atoms with van der Waals surface area (Å²) in [6.07, 6.45) is 0.131. The van der Waals surface area contributed by atoms with Crippen LogP contribution in [0.3, 0.4) is 0 Å². The summed E-state index contributed by atoms with van der Waals surface area (Å²) in [7, 11) is 0. The number of para-hydroxylation sites is 1. The van der Waals surface area contributed by atoms with Crippen LogP contribution >= 0.6 is 11.6 Å². The van der Waals surface area contributed by atoms with Crippen LogP contribution in [0.25, 0.3) is 0 Å². The SMILES string of the molecule is O=C(Nc1ccccc1)Nc1cccc(NC(=O)C2CC(=O)N(c3ccc(Cl)cc3)C2)c1. The molecule has 162 valence electrons. The second kappa shape index (κ2) is 9.53. The first kappa shape index (κ1) is 21.4. The maximum Gasteiger partial charge on any atom is 0.323 e. The molecule has 1 fully saturated rings. The average Bonchev–Trinajstić information content (AvgIpc) is 3.17. The van der Waals surface area contributed by atoms with Crippen LogP contribution in [0, 0.1) is 5.92 Å². The molecular formula is C24H21ClN4O3. The van der Waals surface area contributed by atoms with Crippen molar-refractivity contribution >= 4 is 52.2 Å². The highest BCUT2D eigenvalue weighted by Gasteiger charge is 2.35. The van der Waals surface area contributed by atoms with Crippen molar-refractivity contribution in [1.82, 2.24) is 0 Å². The van der Waals surface area contributed by atoms with Crippen LogP contribution in [0.15, 0.2) is 78.9 Å². The predicted molar refractivity (Wildman–Crippen MR) is 126 cm³/mol. The van der Waals surface area contributed by atoms with Gasteiger partial charge >= 0.3 is 6.03 Å². The predicted octanol–water partition coefficient (Wildman–Crippen LogP) is 4.98. The Kier molecular flexibility index (Phi) is 6.37. The van der Waals surface area contributed by atoms with E-state index in [1.165, 1.54) is 0 Å². The third-order valence-electron chi connectivity index (χ3n) is 5.05. The fourth-order valence-corrected chi connectivity index (χ4v) is 3.61. The van der Waals surface area contributed by atoms with E-state index in [1.807, 2.05) is 18.2 Å². The number of nitrogens with one attached hydrogen (secondary N) is 3. The maximum absolute atomic E-state index is 12.8. The monoisotopic (exact) mass is 448 g/mol. The minimum Gasteiger partial charge on any atom is -0.326 e. The summed E-state index contributed by atoms with van der Waals surface area (Å²) in [6.45, 7) is 0.295. The number of carbonyl (C=O) groups excluding carboxylic acids is 3. The lowest BCUT2D eigenvalue weighted by Gasteiger charge is -2.17. The number of amides is 4. The zero-order chi connectivity index (χ0) is 22.5. The van der Waals surface area contributed by atoms with Gasteiger partial charge in [-0.15, -0.1) is 0 Å². The average molecular weight is 449 g/mol. The van der Waals surface area contributed by atoms with E-state index in [2.05, 4.69) is 16.0 Å². The summed E-state index contributed by atoms with van der Waals surface area (Å²) in [5, 5.41) is 8.90. The van der Waals surface area contributed by atoms with Crippen LogP contribution in [0.4, 0.5) is 27.5 Å². The van der Waals surface area contributed by atoms with Crippen molar-refractivity contribution in [3.8, 4) is 0 Å². The summed E-state index contributed by atoms with van der Waals surface area (Å²) >= 11 is 5.91. The van der Waals surface area contributed by atoms with E-state index in [9.17, 15) is 14.4 Å². The topological polar surface area (TPSA) is 90.5 Å². The fraction of sp³-hybridized carbons (Fsp3) is 0.125. The molecular weight excluding hydrogens is 428 g/mol. The molecule has 1 heterocycles. The zero-order valence-electron chi connectivity index (χ0n) is 17.0. The van der Waals surface area contributed by atoms with Gasteiger partial charge in [0, 0.05) is 40.7 Å². The van der Waals surface area contributed by atoms with Crippen molar-refractivity contribution < 1.29 is 14.4 Å². The van der Waals surface area contributed by atoms with Gasteiger partial charge in [0.05, 0.1) is 5.92 Å². The molecule has 8 heteroatoms. The first-order valence-electron chi connectivity index (χ1n) is 10.1. The Labute approximate surface area is 190 Å². The quantitative estimate of drug-likeness (QED) is 0.514. The molecule has 3 aromatic carbocycles. The highest BCUT2D eigenvalue weighted by Crippen LogP contribution is 2.27. The molecule has 1 saturated heterocycles. The van der Waals surface area contributed by atoms with Gasteiger partial charge in [0.25, 0.3) is 0 Å². The number of anilines is 4. The van der Waals surface area contributed by atoms with Crippen molar-refractivity contribution in [2.75, 3.05) is 27.4 Å². The van der Waals surface area contributed by atoms with Gasteiger partial charge < -0.3 is 20.9 Å². The van der Waals surface area contributed by atoms with Crippen molar-refractivity contribution in [1.29, 1.82) is 0 Å². The third kappa shape index (κ3) is 5.25. The highest BCUT2D eigenvalue weighted by atomic mass is 35.5. The lowest BCUT2D eigenvalue weighted by atomic mass is 10.1. The van der Waals surface area contributed by atoms with Crippen LogP contribution < -0.4 is 20.9 Å². The van der Waals surface area contributed by atoms with Crippen LogP contribution in [-0.2, 0) is 9.59 Å². The Morgan fingerprint density at radius 2 is 1.44 bits per heavy atom. The van der Waals surface area contributed by atoms with Crippen molar-refractivity contribution in [2.45, 2.75) is 6.42 Å². The van der Waals surface area contributed by atoms with E-state index < -0.39 is 5.92 Å². The van der Waals surface area contributed by atoms with E-state index in [4.69, 9.17) is 11.6 Å². The van der Waals surface area contributed by atoms with Crippen molar-refractivity contribution in [3.05, 3.63) is 83.9 Å². The van der Waals surface area contributed by atoms with Crippen molar-refractivity contribution in [2.24, 2.45) is 5.92 Å². The normalized spacial score (nSPS) is 15.3. The van der Waals surface area contributed by atoms with Gasteiger partial charge in [-0.05, 0) is 54.6 Å². The van der Waals surface area contributed by atoms with Crippen molar-refractivity contribution in [3.63, 3.8) is 0 Å². The highest BCUT2D eigenvalue weighted by molar-refractivity contribution is 6.30. The lowest BCUT2D eigenvalue weighted by molar-refractivity contribution is -0.122. The molecule has 4 rings (SSSR count). The first-order valence-corrected chi connectivity index (χ1v) is 10.5. The first-order chi connectivity index (χ1) is 15.5. The third-order valence-corrected chi connectivity index (χ3v) is 5.31. The Balaban J connectivity index is 1.36. The molecule has 0 spiro atoms. The van der Waals surface area contributed by atoms with Gasteiger partial charge in [0.2, 0.25) is 11.8 Å². The second-order valence-electron chi connectivity index (χ2n) is 7.40. The van der Waals surface area contributed by atoms with E-state index >= 15 is 0 Å². The van der Waals surface area contributed by atoms with Crippen LogP contribution in [0.1, 0.15) is 6.42 Å². The maximum atomic E-state index is 12.8. The molecule has 1 unspecified atom stereocenters. The van der Waals surface area contributed by atoms with Crippen LogP contribution in [0.5, 0.6) is 0 Å². The number of urea groups is 1. The number of halogens is 1. The van der Waals surface area contributed by atoms with E-state index in [0.717, 1.165) is 0 Å². The Bertz CT molecular complexity index is 1140. The fourth-order valence-electron chi connectivity index (χ4n) is 3.49. The molecule has 0 radical (unpaired) electrons. The Morgan fingerprint density at radius 3 is 2.16 bits per heavy atom. The number of nitrogens with zero attached hydrogens (tertiary/aromatic N) is 1. The molecule has 4 amide bonds. The molecule has 3 N–H and O–H groups in total. The number of rotatable bonds is 5. The number of benzene rings is 3. The van der Waals surface area contributed by atoms with E-state index in [0.29, 0.717) is 34.3 Å². The minimum atomic E-state index is -0.476. The summed E-state index contributed by atoms with van der Waals surface area (Å²) in [6, 6.07) is 22.5. The molecule has 0 bridgehead atoms. The largest absolute Gasteiger partial charge is 0.326 e. The van der Waals surface area contributed by atoms with Crippen LogP contribution in [0.2, 0.25) is 5.02 Å². The zero-order valence-corrected chi connectivity index (χ0v) is 17.8. The Hall–Kier alpha value is -3.84. The van der Waals surface area contributed by atoms with Crippen LogP contribution in [-0.4, -0.2) is 24.4 Å². The van der Waals surface area contributed by atoms with Gasteiger partial charge in [0.15, 0.2) is 0 Å².